The molecule has 21 heavy (non-hydrogen) atoms. The summed E-state index contributed by atoms with van der Waals surface area (Å²) in [4.78, 5) is 37.8. The van der Waals surface area contributed by atoms with E-state index < -0.39 is 17.4 Å². The maximum absolute atomic E-state index is 12.8. The van der Waals surface area contributed by atoms with Gasteiger partial charge < -0.3 is 0 Å². The van der Waals surface area contributed by atoms with Crippen molar-refractivity contribution in [2.45, 2.75) is 37.1 Å². The topological polar surface area (TPSA) is 66.5 Å². The molecule has 4 rings (SSSR count). The van der Waals surface area contributed by atoms with Crippen molar-refractivity contribution in [1.82, 2.24) is 5.32 Å². The SMILES string of the molecule is [B]c1cccc2c1C1(CC1)C(=O)N2C1CCC(=O)NC1=O. The van der Waals surface area contributed by atoms with Crippen LogP contribution >= 0.6 is 0 Å². The highest BCUT2D eigenvalue weighted by molar-refractivity contribution is 6.36. The minimum atomic E-state index is -0.615. The fourth-order valence-electron chi connectivity index (χ4n) is 3.55. The van der Waals surface area contributed by atoms with E-state index in [1.54, 1.807) is 17.0 Å². The number of carbonyl (C=O) groups is 3. The van der Waals surface area contributed by atoms with Gasteiger partial charge in [-0.15, -0.1) is 0 Å². The summed E-state index contributed by atoms with van der Waals surface area (Å²) in [5.74, 6) is -0.729. The fraction of sp³-hybridized carbons (Fsp3) is 0.400. The van der Waals surface area contributed by atoms with E-state index in [1.807, 2.05) is 6.07 Å². The second-order valence-corrected chi connectivity index (χ2v) is 5.97. The number of piperidine rings is 1. The molecule has 1 saturated carbocycles. The Kier molecular flexibility index (Phi) is 2.38. The first-order valence-electron chi connectivity index (χ1n) is 7.11. The van der Waals surface area contributed by atoms with E-state index >= 15 is 0 Å². The van der Waals surface area contributed by atoms with E-state index in [4.69, 9.17) is 7.85 Å². The molecule has 1 N–H and O–H groups in total. The second-order valence-electron chi connectivity index (χ2n) is 5.97. The molecule has 2 fully saturated rings. The number of fused-ring (bicyclic) bond motifs is 2. The van der Waals surface area contributed by atoms with Crippen LogP contribution in [0.1, 0.15) is 31.2 Å². The molecule has 2 heterocycles. The van der Waals surface area contributed by atoms with Crippen LogP contribution in [0.25, 0.3) is 0 Å². The highest BCUT2D eigenvalue weighted by Crippen LogP contribution is 2.57. The van der Waals surface area contributed by atoms with Crippen molar-refractivity contribution in [1.29, 1.82) is 0 Å². The number of nitrogens with zero attached hydrogens (tertiary/aromatic N) is 1. The minimum Gasteiger partial charge on any atom is -0.299 e. The minimum absolute atomic E-state index is 0.0510. The Morgan fingerprint density at radius 2 is 2.00 bits per heavy atom. The summed E-state index contributed by atoms with van der Waals surface area (Å²) in [5.41, 5.74) is 1.67. The van der Waals surface area contributed by atoms with Gasteiger partial charge in [-0.05, 0) is 30.9 Å². The summed E-state index contributed by atoms with van der Waals surface area (Å²) in [6.45, 7) is 0. The zero-order valence-electron chi connectivity index (χ0n) is 11.4. The zero-order chi connectivity index (χ0) is 14.8. The number of carbonyl (C=O) groups excluding carboxylic acids is 3. The molecule has 1 saturated heterocycles. The maximum Gasteiger partial charge on any atom is 0.249 e. The average molecular weight is 280 g/mol. The van der Waals surface area contributed by atoms with Crippen molar-refractivity contribution in [2.24, 2.45) is 0 Å². The number of imide groups is 1. The van der Waals surface area contributed by atoms with Crippen LogP contribution in [0.2, 0.25) is 0 Å². The zero-order valence-corrected chi connectivity index (χ0v) is 11.4. The Bertz CT molecular complexity index is 696. The second kappa shape index (κ2) is 3.96. The first-order valence-corrected chi connectivity index (χ1v) is 7.11. The molecular formula is C15H13BN2O3. The number of hydrogen-bond acceptors (Lipinski definition) is 3. The number of benzene rings is 1. The molecule has 3 amide bonds. The normalized spacial score (nSPS) is 26.0. The van der Waals surface area contributed by atoms with Gasteiger partial charge in [0.05, 0.1) is 5.41 Å². The van der Waals surface area contributed by atoms with E-state index in [-0.39, 0.29) is 18.2 Å². The molecule has 2 radical (unpaired) electrons. The lowest BCUT2D eigenvalue weighted by atomic mass is 9.83. The van der Waals surface area contributed by atoms with Crippen molar-refractivity contribution in [2.75, 3.05) is 4.90 Å². The molecule has 0 aromatic heterocycles. The van der Waals surface area contributed by atoms with E-state index in [2.05, 4.69) is 5.32 Å². The van der Waals surface area contributed by atoms with Crippen molar-refractivity contribution < 1.29 is 14.4 Å². The van der Waals surface area contributed by atoms with Crippen LogP contribution in [-0.4, -0.2) is 31.6 Å². The molecule has 1 aromatic rings. The van der Waals surface area contributed by atoms with Gasteiger partial charge in [-0.25, -0.2) is 0 Å². The van der Waals surface area contributed by atoms with E-state index in [1.165, 1.54) is 0 Å². The molecule has 1 atom stereocenters. The molecule has 104 valence electrons. The summed E-state index contributed by atoms with van der Waals surface area (Å²) in [7, 11) is 6.06. The lowest BCUT2D eigenvalue weighted by Gasteiger charge is -2.30. The molecule has 5 nitrogen and oxygen atoms in total. The van der Waals surface area contributed by atoms with Crippen LogP contribution in [0, 0.1) is 0 Å². The van der Waals surface area contributed by atoms with Gasteiger partial charge in [0.15, 0.2) is 0 Å². The molecule has 3 aliphatic rings. The molecule has 2 aliphatic heterocycles. The van der Waals surface area contributed by atoms with Crippen LogP contribution in [0.4, 0.5) is 5.69 Å². The Morgan fingerprint density at radius 3 is 2.67 bits per heavy atom. The first-order chi connectivity index (χ1) is 10.0. The van der Waals surface area contributed by atoms with E-state index in [0.717, 1.165) is 24.1 Å². The summed E-state index contributed by atoms with van der Waals surface area (Å²) >= 11 is 0. The van der Waals surface area contributed by atoms with Crippen molar-refractivity contribution in [3.05, 3.63) is 23.8 Å². The largest absolute Gasteiger partial charge is 0.299 e. The highest BCUT2D eigenvalue weighted by atomic mass is 16.2. The Morgan fingerprint density at radius 1 is 1.24 bits per heavy atom. The van der Waals surface area contributed by atoms with Gasteiger partial charge in [0.25, 0.3) is 0 Å². The fourth-order valence-corrected chi connectivity index (χ4v) is 3.55. The number of nitrogens with one attached hydrogen (secondary N) is 1. The summed E-state index contributed by atoms with van der Waals surface area (Å²) in [6, 6.07) is 4.80. The molecular weight excluding hydrogens is 267 g/mol. The first kappa shape index (κ1) is 12.6. The van der Waals surface area contributed by atoms with Crippen LogP contribution in [-0.2, 0) is 19.8 Å². The van der Waals surface area contributed by atoms with Crippen LogP contribution in [0.5, 0.6) is 0 Å². The smallest absolute Gasteiger partial charge is 0.249 e. The number of amides is 3. The Balaban J connectivity index is 1.81. The van der Waals surface area contributed by atoms with Crippen molar-refractivity contribution >= 4 is 36.7 Å². The average Bonchev–Trinajstić information content (AvgIpc) is 3.18. The molecule has 1 unspecified atom stereocenters. The third-order valence-corrected chi connectivity index (χ3v) is 4.71. The Labute approximate surface area is 123 Å². The summed E-state index contributed by atoms with van der Waals surface area (Å²) < 4.78 is 0. The predicted octanol–water partition coefficient (Wildman–Crippen LogP) is -0.336. The molecule has 6 heteroatoms. The number of hydrogen-bond donors (Lipinski definition) is 1. The number of rotatable bonds is 1. The third-order valence-electron chi connectivity index (χ3n) is 4.71. The van der Waals surface area contributed by atoms with Crippen LogP contribution in [0.15, 0.2) is 18.2 Å². The molecule has 1 aromatic carbocycles. The molecule has 1 aliphatic carbocycles. The third kappa shape index (κ3) is 1.56. The maximum atomic E-state index is 12.8. The van der Waals surface area contributed by atoms with E-state index in [9.17, 15) is 14.4 Å². The number of anilines is 1. The Hall–Kier alpha value is -2.11. The quantitative estimate of drug-likeness (QED) is 0.565. The van der Waals surface area contributed by atoms with Crippen LogP contribution in [0.3, 0.4) is 0 Å². The van der Waals surface area contributed by atoms with Gasteiger partial charge in [0, 0.05) is 12.1 Å². The molecule has 0 bridgehead atoms. The van der Waals surface area contributed by atoms with Gasteiger partial charge >= 0.3 is 0 Å². The highest BCUT2D eigenvalue weighted by Gasteiger charge is 2.61. The van der Waals surface area contributed by atoms with E-state index in [0.29, 0.717) is 11.9 Å². The monoisotopic (exact) mass is 280 g/mol. The van der Waals surface area contributed by atoms with Gasteiger partial charge in [-0.3, -0.25) is 24.6 Å². The lowest BCUT2D eigenvalue weighted by molar-refractivity contribution is -0.135. The summed E-state index contributed by atoms with van der Waals surface area (Å²) in [6.07, 6.45) is 2.17. The lowest BCUT2D eigenvalue weighted by Crippen LogP contribution is -2.54. The van der Waals surface area contributed by atoms with Crippen molar-refractivity contribution in [3.8, 4) is 0 Å². The summed E-state index contributed by atoms with van der Waals surface area (Å²) in [5, 5.41) is 2.32. The van der Waals surface area contributed by atoms with Crippen molar-refractivity contribution in [3.63, 3.8) is 0 Å². The van der Waals surface area contributed by atoms with Gasteiger partial charge in [0.1, 0.15) is 13.9 Å². The van der Waals surface area contributed by atoms with Gasteiger partial charge in [-0.1, -0.05) is 17.6 Å². The molecule has 1 spiro atoms. The standard InChI is InChI=1S/C15H13BN2O3/c16-8-2-1-3-9-12(8)15(6-7-15)14(21)18(9)10-4-5-11(19)17-13(10)20/h1-3,10H,4-7H2,(H,17,19,20). The van der Waals surface area contributed by atoms with Gasteiger partial charge in [0.2, 0.25) is 17.7 Å². The van der Waals surface area contributed by atoms with Crippen LogP contribution < -0.4 is 15.7 Å². The van der Waals surface area contributed by atoms with Gasteiger partial charge in [-0.2, -0.15) is 0 Å². The predicted molar refractivity (Wildman–Crippen MR) is 76.4 cm³/mol.